The lowest BCUT2D eigenvalue weighted by Crippen LogP contribution is -2.46. The van der Waals surface area contributed by atoms with Crippen molar-refractivity contribution in [2.24, 2.45) is 5.92 Å². The molecule has 1 aromatic rings. The van der Waals surface area contributed by atoms with E-state index < -0.39 is 47.6 Å². The van der Waals surface area contributed by atoms with Gasteiger partial charge in [0.15, 0.2) is 15.7 Å². The van der Waals surface area contributed by atoms with Crippen LogP contribution in [0, 0.1) is 5.92 Å². The summed E-state index contributed by atoms with van der Waals surface area (Å²) in [5, 5.41) is 23.0. The van der Waals surface area contributed by atoms with Gasteiger partial charge in [0.05, 0.1) is 18.6 Å². The number of carbonyl (C=O) groups excluding carboxylic acids is 1. The number of aliphatic hydroxyl groups excluding tert-OH is 2. The first-order chi connectivity index (χ1) is 15.4. The second-order valence-electron chi connectivity index (χ2n) is 7.72. The first-order valence-corrected chi connectivity index (χ1v) is 14.0. The van der Waals surface area contributed by atoms with Crippen LogP contribution in [0.25, 0.3) is 0 Å². The highest BCUT2D eigenvalue weighted by molar-refractivity contribution is 7.90. The Morgan fingerprint density at radius 1 is 1.24 bits per heavy atom. The van der Waals surface area contributed by atoms with Crippen LogP contribution in [0.3, 0.4) is 0 Å². The van der Waals surface area contributed by atoms with Crippen molar-refractivity contribution in [2.45, 2.75) is 36.0 Å². The fourth-order valence-electron chi connectivity index (χ4n) is 3.16. The third kappa shape index (κ3) is 8.46. The second-order valence-corrected chi connectivity index (χ2v) is 12.2. The molecule has 0 bridgehead atoms. The molecular formula is C21H30NO9PS. The van der Waals surface area contributed by atoms with E-state index in [0.29, 0.717) is 0 Å². The third-order valence-corrected chi connectivity index (χ3v) is 8.18. The van der Waals surface area contributed by atoms with Crippen molar-refractivity contribution in [2.75, 3.05) is 26.1 Å². The first-order valence-electron chi connectivity index (χ1n) is 10.2. The predicted octanol–water partition coefficient (Wildman–Crippen LogP) is 1.30. The van der Waals surface area contributed by atoms with Crippen molar-refractivity contribution < 1.29 is 42.4 Å². The van der Waals surface area contributed by atoms with Crippen LogP contribution in [0.4, 0.5) is 0 Å². The molecule has 1 aliphatic carbocycles. The number of methoxy groups -OCH3 is 1. The lowest BCUT2D eigenvalue weighted by atomic mass is 10.0. The van der Waals surface area contributed by atoms with Crippen LogP contribution >= 0.6 is 7.37 Å². The molecule has 0 spiro atoms. The molecule has 0 saturated carbocycles. The number of esters is 1. The van der Waals surface area contributed by atoms with Gasteiger partial charge in [0.2, 0.25) is 13.8 Å². The molecule has 0 saturated heterocycles. The van der Waals surface area contributed by atoms with Crippen LogP contribution in [0.15, 0.2) is 53.5 Å². The molecule has 0 amide bonds. The van der Waals surface area contributed by atoms with E-state index in [2.05, 4.69) is 10.1 Å². The van der Waals surface area contributed by atoms with E-state index >= 15 is 0 Å². The number of hydrogen-bond acceptors (Lipinski definition) is 9. The van der Waals surface area contributed by atoms with Crippen molar-refractivity contribution in [3.63, 3.8) is 0 Å². The lowest BCUT2D eigenvalue weighted by molar-refractivity contribution is -0.156. The van der Waals surface area contributed by atoms with Gasteiger partial charge in [0, 0.05) is 18.3 Å². The summed E-state index contributed by atoms with van der Waals surface area (Å²) in [6.07, 6.45) is 7.22. The van der Waals surface area contributed by atoms with Crippen LogP contribution < -0.4 is 5.32 Å². The Hall–Kier alpha value is -1.85. The number of ether oxygens (including phenoxy) is 2. The maximum atomic E-state index is 12.7. The summed E-state index contributed by atoms with van der Waals surface area (Å²) in [7, 11) is -6.54. The highest BCUT2D eigenvalue weighted by Crippen LogP contribution is 2.54. The van der Waals surface area contributed by atoms with Crippen LogP contribution in [0.1, 0.15) is 24.3 Å². The molecule has 1 aromatic carbocycles. The molecule has 4 N–H and O–H groups in total. The minimum absolute atomic E-state index is 0.00917. The lowest BCUT2D eigenvalue weighted by Gasteiger charge is -2.24. The van der Waals surface area contributed by atoms with E-state index in [1.54, 1.807) is 0 Å². The van der Waals surface area contributed by atoms with Crippen molar-refractivity contribution >= 4 is 23.2 Å². The van der Waals surface area contributed by atoms with Gasteiger partial charge in [-0.05, 0) is 30.5 Å². The molecule has 0 aliphatic heterocycles. The summed E-state index contributed by atoms with van der Waals surface area (Å²) in [6, 6.07) is 3.82. The van der Waals surface area contributed by atoms with Gasteiger partial charge in [-0.3, -0.25) is 14.7 Å². The van der Waals surface area contributed by atoms with Gasteiger partial charge >= 0.3 is 5.97 Å². The topological polar surface area (TPSA) is 159 Å². The van der Waals surface area contributed by atoms with Crippen molar-refractivity contribution in [1.82, 2.24) is 5.32 Å². The van der Waals surface area contributed by atoms with E-state index in [4.69, 9.17) is 4.74 Å². The van der Waals surface area contributed by atoms with Gasteiger partial charge in [-0.25, -0.2) is 8.42 Å². The summed E-state index contributed by atoms with van der Waals surface area (Å²) in [4.78, 5) is 22.5. The van der Waals surface area contributed by atoms with E-state index in [0.717, 1.165) is 19.8 Å². The Kier molecular flexibility index (Phi) is 9.99. The molecule has 10 nitrogen and oxygen atoms in total. The quantitative estimate of drug-likeness (QED) is 0.186. The number of sulfone groups is 1. The van der Waals surface area contributed by atoms with Gasteiger partial charge in [0.1, 0.15) is 6.04 Å². The summed E-state index contributed by atoms with van der Waals surface area (Å²) in [5.41, 5.74) is 0.0637. The zero-order valence-corrected chi connectivity index (χ0v) is 20.1. The Bertz CT molecular complexity index is 1010. The average Bonchev–Trinajstić information content (AvgIpc) is 2.79. The average molecular weight is 504 g/mol. The summed E-state index contributed by atoms with van der Waals surface area (Å²) < 4.78 is 45.8. The predicted molar refractivity (Wildman–Crippen MR) is 121 cm³/mol. The molecule has 0 fully saturated rings. The van der Waals surface area contributed by atoms with Gasteiger partial charge in [-0.2, -0.15) is 0 Å². The van der Waals surface area contributed by atoms with Gasteiger partial charge < -0.3 is 24.6 Å². The first kappa shape index (κ1) is 27.4. The fraction of sp³-hybridized carbons (Fsp3) is 0.476. The molecule has 12 heteroatoms. The van der Waals surface area contributed by atoms with Gasteiger partial charge in [-0.1, -0.05) is 36.4 Å². The van der Waals surface area contributed by atoms with E-state index in [1.165, 1.54) is 24.3 Å². The normalized spacial score (nSPS) is 20.6. The van der Waals surface area contributed by atoms with E-state index in [-0.39, 0.29) is 29.4 Å². The molecule has 2 rings (SSSR count). The molecule has 184 valence electrons. The summed E-state index contributed by atoms with van der Waals surface area (Å²) >= 11 is 0. The van der Waals surface area contributed by atoms with Crippen LogP contribution in [0.5, 0.6) is 0 Å². The van der Waals surface area contributed by atoms with Crippen LogP contribution in [-0.4, -0.2) is 68.1 Å². The zero-order chi connectivity index (χ0) is 24.6. The molecule has 4 unspecified atom stereocenters. The standard InChI is InChI=1S/C21H30NO9PS/c1-30-19(23)18(22-21(25)31-14-15-6-4-3-5-7-15)12-13-32(26,27)20(24)16-8-10-17(11-9-16)33(2,28)29/h3-6,8-11,15,18,20-22,24-25H,7,12-14H2,1-2H3,(H,26,27)/t15?,18-,20?,21?/m0/s1. The Morgan fingerprint density at radius 3 is 2.45 bits per heavy atom. The number of benzene rings is 1. The summed E-state index contributed by atoms with van der Waals surface area (Å²) in [5.74, 6) is -2.48. The third-order valence-electron chi connectivity index (χ3n) is 5.09. The van der Waals surface area contributed by atoms with Crippen LogP contribution in [-0.2, 0) is 28.7 Å². The van der Waals surface area contributed by atoms with Crippen molar-refractivity contribution in [3.05, 3.63) is 54.1 Å². The summed E-state index contributed by atoms with van der Waals surface area (Å²) in [6.45, 7) is 0.198. The minimum atomic E-state index is -4.23. The van der Waals surface area contributed by atoms with Crippen molar-refractivity contribution in [1.29, 1.82) is 0 Å². The Balaban J connectivity index is 1.97. The SMILES string of the molecule is COC(=O)[C@H](CCP(=O)(O)C(O)c1ccc(S(C)(=O)=O)cc1)NC(O)OCC1C=CC=CC1. The van der Waals surface area contributed by atoms with E-state index in [1.807, 2.05) is 24.3 Å². The number of nitrogens with one attached hydrogen (secondary N) is 1. The highest BCUT2D eigenvalue weighted by Gasteiger charge is 2.33. The monoisotopic (exact) mass is 503 g/mol. The molecule has 5 atom stereocenters. The largest absolute Gasteiger partial charge is 0.468 e. The molecule has 0 heterocycles. The molecular weight excluding hydrogens is 473 g/mol. The second kappa shape index (κ2) is 12.0. The Morgan fingerprint density at radius 2 is 1.91 bits per heavy atom. The van der Waals surface area contributed by atoms with E-state index in [9.17, 15) is 32.9 Å². The maximum Gasteiger partial charge on any atom is 0.323 e. The smallest absolute Gasteiger partial charge is 0.323 e. The fourth-order valence-corrected chi connectivity index (χ4v) is 5.30. The number of aliphatic hydroxyl groups is 2. The van der Waals surface area contributed by atoms with Gasteiger partial charge in [0.25, 0.3) is 0 Å². The number of rotatable bonds is 12. The molecule has 0 radical (unpaired) electrons. The molecule has 33 heavy (non-hydrogen) atoms. The molecule has 1 aliphatic rings. The minimum Gasteiger partial charge on any atom is -0.468 e. The molecule has 0 aromatic heterocycles. The number of allylic oxidation sites excluding steroid dienone is 3. The zero-order valence-electron chi connectivity index (χ0n) is 18.4. The number of hydrogen-bond donors (Lipinski definition) is 4. The van der Waals surface area contributed by atoms with Gasteiger partial charge in [-0.15, -0.1) is 0 Å². The van der Waals surface area contributed by atoms with Crippen molar-refractivity contribution in [3.8, 4) is 0 Å². The van der Waals surface area contributed by atoms with Crippen LogP contribution in [0.2, 0.25) is 0 Å². The highest BCUT2D eigenvalue weighted by atomic mass is 32.2. The number of carbonyl (C=O) groups is 1. The maximum absolute atomic E-state index is 12.7. The Labute approximate surface area is 193 Å².